The number of rotatable bonds is 3. The van der Waals surface area contributed by atoms with Crippen LogP contribution in [0.4, 0.5) is 18.9 Å². The van der Waals surface area contributed by atoms with Crippen molar-refractivity contribution in [3.8, 4) is 0 Å². The van der Waals surface area contributed by atoms with Gasteiger partial charge in [0.2, 0.25) is 0 Å². The molecular weight excluding hydrogens is 239 g/mol. The monoisotopic (exact) mass is 251 g/mol. The summed E-state index contributed by atoms with van der Waals surface area (Å²) in [6.45, 7) is 4.52. The van der Waals surface area contributed by atoms with E-state index < -0.39 is 11.7 Å². The van der Waals surface area contributed by atoms with Gasteiger partial charge in [-0.15, -0.1) is 0 Å². The van der Waals surface area contributed by atoms with Gasteiger partial charge in [0.25, 0.3) is 0 Å². The molecule has 0 aliphatic rings. The number of nitrogens with one attached hydrogen (secondary N) is 1. The molecule has 1 N–H and O–H groups in total. The molecule has 0 fully saturated rings. The predicted octanol–water partition coefficient (Wildman–Crippen LogP) is 4.43. The molecule has 0 amide bonds. The van der Waals surface area contributed by atoms with Crippen LogP contribution in [-0.2, 0) is 6.18 Å². The summed E-state index contributed by atoms with van der Waals surface area (Å²) < 4.78 is 37.3. The molecule has 0 atom stereocenters. The average Bonchev–Trinajstić information content (AvgIpc) is 2.14. The minimum absolute atomic E-state index is 0.300. The van der Waals surface area contributed by atoms with E-state index in [-0.39, 0.29) is 0 Å². The van der Waals surface area contributed by atoms with Gasteiger partial charge in [-0.3, -0.25) is 0 Å². The summed E-state index contributed by atoms with van der Waals surface area (Å²) in [5.74, 6) is 0.339. The Kier molecular flexibility index (Phi) is 4.08. The highest BCUT2D eigenvalue weighted by Gasteiger charge is 2.30. The molecule has 0 aliphatic carbocycles. The van der Waals surface area contributed by atoms with Gasteiger partial charge < -0.3 is 5.32 Å². The van der Waals surface area contributed by atoms with Crippen molar-refractivity contribution < 1.29 is 13.2 Å². The first-order valence-corrected chi connectivity index (χ1v) is 5.29. The van der Waals surface area contributed by atoms with Crippen LogP contribution >= 0.6 is 11.6 Å². The summed E-state index contributed by atoms with van der Waals surface area (Å²) in [6, 6.07) is 3.26. The van der Waals surface area contributed by atoms with Crippen LogP contribution in [0.3, 0.4) is 0 Å². The highest BCUT2D eigenvalue weighted by Crippen LogP contribution is 2.33. The second-order valence-electron chi connectivity index (χ2n) is 3.97. The SMILES string of the molecule is CC(C)CNc1cc(C(F)(F)F)ccc1Cl. The lowest BCUT2D eigenvalue weighted by Gasteiger charge is -2.13. The minimum Gasteiger partial charge on any atom is -0.384 e. The number of hydrogen-bond donors (Lipinski definition) is 1. The molecule has 16 heavy (non-hydrogen) atoms. The molecule has 0 aromatic heterocycles. The van der Waals surface area contributed by atoms with Crippen LogP contribution < -0.4 is 5.32 Å². The van der Waals surface area contributed by atoms with Crippen LogP contribution in [0.15, 0.2) is 18.2 Å². The van der Waals surface area contributed by atoms with Gasteiger partial charge in [0.15, 0.2) is 0 Å². The maximum Gasteiger partial charge on any atom is 0.416 e. The third kappa shape index (κ3) is 3.59. The second kappa shape index (κ2) is 4.95. The van der Waals surface area contributed by atoms with Gasteiger partial charge in [-0.25, -0.2) is 0 Å². The standard InChI is InChI=1S/C11H13ClF3N/c1-7(2)6-16-10-5-8(11(13,14)15)3-4-9(10)12/h3-5,7,16H,6H2,1-2H3. The van der Waals surface area contributed by atoms with Crippen LogP contribution in [0.1, 0.15) is 19.4 Å². The second-order valence-corrected chi connectivity index (χ2v) is 4.37. The lowest BCUT2D eigenvalue weighted by atomic mass is 10.1. The Morgan fingerprint density at radius 2 is 1.94 bits per heavy atom. The Morgan fingerprint density at radius 3 is 2.44 bits per heavy atom. The van der Waals surface area contributed by atoms with Crippen molar-refractivity contribution in [1.29, 1.82) is 0 Å². The van der Waals surface area contributed by atoms with Gasteiger partial charge in [-0.1, -0.05) is 25.4 Å². The maximum atomic E-state index is 12.4. The molecule has 5 heteroatoms. The highest BCUT2D eigenvalue weighted by molar-refractivity contribution is 6.33. The van der Waals surface area contributed by atoms with E-state index in [2.05, 4.69) is 5.32 Å². The molecule has 0 spiro atoms. The Morgan fingerprint density at radius 1 is 1.31 bits per heavy atom. The molecular formula is C11H13ClF3N. The number of halogens is 4. The van der Waals surface area contributed by atoms with Crippen molar-refractivity contribution in [1.82, 2.24) is 0 Å². The molecule has 0 bridgehead atoms. The van der Waals surface area contributed by atoms with Crippen LogP contribution in [0.2, 0.25) is 5.02 Å². The van der Waals surface area contributed by atoms with E-state index in [0.717, 1.165) is 12.1 Å². The first kappa shape index (κ1) is 13.2. The van der Waals surface area contributed by atoms with Gasteiger partial charge in [0.05, 0.1) is 16.3 Å². The molecule has 0 heterocycles. The van der Waals surface area contributed by atoms with Gasteiger partial charge in [-0.05, 0) is 24.1 Å². The summed E-state index contributed by atoms with van der Waals surface area (Å²) in [6.07, 6.45) is -4.33. The fourth-order valence-electron chi connectivity index (χ4n) is 1.15. The third-order valence-electron chi connectivity index (χ3n) is 1.99. The zero-order valence-electron chi connectivity index (χ0n) is 9.03. The minimum atomic E-state index is -4.33. The van der Waals surface area contributed by atoms with Crippen molar-refractivity contribution in [3.05, 3.63) is 28.8 Å². The van der Waals surface area contributed by atoms with Crippen molar-refractivity contribution in [2.45, 2.75) is 20.0 Å². The van der Waals surface area contributed by atoms with Crippen LogP contribution in [0.25, 0.3) is 0 Å². The molecule has 0 saturated carbocycles. The summed E-state index contributed by atoms with van der Waals surface area (Å²) >= 11 is 5.80. The van der Waals surface area contributed by atoms with Gasteiger partial charge in [0.1, 0.15) is 0 Å². The number of hydrogen-bond acceptors (Lipinski definition) is 1. The normalized spacial score (nSPS) is 11.9. The summed E-state index contributed by atoms with van der Waals surface area (Å²) in [4.78, 5) is 0. The molecule has 1 aromatic rings. The van der Waals surface area contributed by atoms with E-state index in [1.54, 1.807) is 0 Å². The first-order chi connectivity index (χ1) is 7.30. The van der Waals surface area contributed by atoms with E-state index in [1.165, 1.54) is 6.07 Å². The molecule has 1 rings (SSSR count). The zero-order valence-corrected chi connectivity index (χ0v) is 9.78. The predicted molar refractivity (Wildman–Crippen MR) is 59.8 cm³/mol. The molecule has 0 saturated heterocycles. The highest BCUT2D eigenvalue weighted by atomic mass is 35.5. The van der Waals surface area contributed by atoms with E-state index in [0.29, 0.717) is 23.2 Å². The fourth-order valence-corrected chi connectivity index (χ4v) is 1.34. The topological polar surface area (TPSA) is 12.0 Å². The summed E-state index contributed by atoms with van der Waals surface area (Å²) in [5.41, 5.74) is -0.367. The Bertz CT molecular complexity index is 361. The fraction of sp³-hybridized carbons (Fsp3) is 0.455. The summed E-state index contributed by atoms with van der Waals surface area (Å²) in [5, 5.41) is 3.19. The zero-order chi connectivity index (χ0) is 12.3. The molecule has 0 aliphatic heterocycles. The largest absolute Gasteiger partial charge is 0.416 e. The van der Waals surface area contributed by atoms with Crippen LogP contribution in [-0.4, -0.2) is 6.54 Å². The number of alkyl halides is 3. The first-order valence-electron chi connectivity index (χ1n) is 4.91. The molecule has 1 nitrogen and oxygen atoms in total. The van der Waals surface area contributed by atoms with Crippen molar-refractivity contribution >= 4 is 17.3 Å². The van der Waals surface area contributed by atoms with Gasteiger partial charge in [-0.2, -0.15) is 13.2 Å². The smallest absolute Gasteiger partial charge is 0.384 e. The molecule has 0 unspecified atom stereocenters. The van der Waals surface area contributed by atoms with E-state index in [9.17, 15) is 13.2 Å². The summed E-state index contributed by atoms with van der Waals surface area (Å²) in [7, 11) is 0. The average molecular weight is 252 g/mol. The van der Waals surface area contributed by atoms with Crippen LogP contribution in [0.5, 0.6) is 0 Å². The van der Waals surface area contributed by atoms with Crippen molar-refractivity contribution in [2.75, 3.05) is 11.9 Å². The van der Waals surface area contributed by atoms with Gasteiger partial charge >= 0.3 is 6.18 Å². The van der Waals surface area contributed by atoms with Crippen molar-refractivity contribution in [3.63, 3.8) is 0 Å². The molecule has 90 valence electrons. The Hall–Kier alpha value is -0.900. The lowest BCUT2D eigenvalue weighted by Crippen LogP contribution is -2.10. The van der Waals surface area contributed by atoms with E-state index in [1.807, 2.05) is 13.8 Å². The Balaban J connectivity index is 2.91. The van der Waals surface area contributed by atoms with E-state index >= 15 is 0 Å². The number of benzene rings is 1. The quantitative estimate of drug-likeness (QED) is 0.838. The Labute approximate surface area is 97.6 Å². The van der Waals surface area contributed by atoms with Gasteiger partial charge in [0, 0.05) is 6.54 Å². The maximum absolute atomic E-state index is 12.4. The van der Waals surface area contributed by atoms with E-state index in [4.69, 9.17) is 11.6 Å². The van der Waals surface area contributed by atoms with Crippen LogP contribution in [0, 0.1) is 5.92 Å². The number of anilines is 1. The van der Waals surface area contributed by atoms with Crippen molar-refractivity contribution in [2.24, 2.45) is 5.92 Å². The molecule has 1 aromatic carbocycles. The lowest BCUT2D eigenvalue weighted by molar-refractivity contribution is -0.137. The third-order valence-corrected chi connectivity index (χ3v) is 2.32. The molecule has 0 radical (unpaired) electrons.